The van der Waals surface area contributed by atoms with Crippen molar-refractivity contribution in [3.8, 4) is 17.0 Å². The van der Waals surface area contributed by atoms with Gasteiger partial charge < -0.3 is 21.1 Å². The lowest BCUT2D eigenvalue weighted by Crippen LogP contribution is -2.40. The molecule has 1 aliphatic heterocycles. The van der Waals surface area contributed by atoms with E-state index in [0.717, 1.165) is 31.5 Å². The van der Waals surface area contributed by atoms with Crippen molar-refractivity contribution in [2.45, 2.75) is 32.0 Å². The van der Waals surface area contributed by atoms with Gasteiger partial charge in [0.05, 0.1) is 18.2 Å². The molecule has 1 saturated heterocycles. The van der Waals surface area contributed by atoms with E-state index in [4.69, 9.17) is 10.5 Å². The first kappa shape index (κ1) is 23.3. The van der Waals surface area contributed by atoms with Crippen LogP contribution in [-0.4, -0.2) is 48.4 Å². The van der Waals surface area contributed by atoms with Gasteiger partial charge in [-0.05, 0) is 50.1 Å². The summed E-state index contributed by atoms with van der Waals surface area (Å²) in [6.45, 7) is 3.08. The number of nitrogens with one attached hydrogen (secondary N) is 3. The number of halogens is 3. The first-order valence-electron chi connectivity index (χ1n) is 9.82. The van der Waals surface area contributed by atoms with Crippen LogP contribution >= 0.6 is 0 Å². The van der Waals surface area contributed by atoms with E-state index < -0.39 is 23.7 Å². The molecule has 0 aliphatic carbocycles. The number of anilines is 1. The summed E-state index contributed by atoms with van der Waals surface area (Å²) < 4.78 is 44.4. The molecule has 5 N–H and O–H groups in total. The molecule has 0 saturated carbocycles. The lowest BCUT2D eigenvalue weighted by molar-refractivity contribution is -0.137. The molecule has 3 amide bonds. The molecule has 1 aromatic carbocycles. The summed E-state index contributed by atoms with van der Waals surface area (Å²) in [6, 6.07) is 1.86. The number of piperidine rings is 1. The number of ether oxygens (including phenoxy) is 1. The van der Waals surface area contributed by atoms with Crippen molar-refractivity contribution >= 4 is 17.8 Å². The Bertz CT molecular complexity index is 1020. The van der Waals surface area contributed by atoms with Crippen LogP contribution in [0, 0.1) is 6.92 Å². The van der Waals surface area contributed by atoms with E-state index in [1.54, 1.807) is 6.92 Å². The average molecular weight is 452 g/mol. The number of methoxy groups -OCH3 is 1. The number of primary amides is 1. The van der Waals surface area contributed by atoms with Crippen LogP contribution in [0.5, 0.6) is 5.75 Å². The molecule has 0 radical (unpaired) electrons. The molecular weight excluding hydrogens is 429 g/mol. The first-order valence-corrected chi connectivity index (χ1v) is 9.82. The fraction of sp³-hybridized carbons (Fsp3) is 0.400. The number of urea groups is 1. The fourth-order valence-electron chi connectivity index (χ4n) is 3.56. The summed E-state index contributed by atoms with van der Waals surface area (Å²) in [6.07, 6.45) is -2.80. The van der Waals surface area contributed by atoms with E-state index in [2.05, 4.69) is 20.8 Å². The maximum absolute atomic E-state index is 13.1. The molecule has 0 unspecified atom stereocenters. The van der Waals surface area contributed by atoms with Crippen molar-refractivity contribution < 1.29 is 27.5 Å². The molecule has 12 heteroatoms. The number of aromatic nitrogens is 2. The van der Waals surface area contributed by atoms with Crippen LogP contribution in [0.3, 0.4) is 0 Å². The van der Waals surface area contributed by atoms with Crippen LogP contribution in [0.2, 0.25) is 0 Å². The highest BCUT2D eigenvalue weighted by Gasteiger charge is 2.32. The highest BCUT2D eigenvalue weighted by atomic mass is 19.4. The quantitative estimate of drug-likeness (QED) is 0.548. The summed E-state index contributed by atoms with van der Waals surface area (Å²) in [5.41, 5.74) is 4.87. The molecule has 0 bridgehead atoms. The smallest absolute Gasteiger partial charge is 0.416 e. The zero-order valence-corrected chi connectivity index (χ0v) is 17.5. The maximum Gasteiger partial charge on any atom is 0.416 e. The van der Waals surface area contributed by atoms with Gasteiger partial charge in [-0.15, -0.1) is 10.2 Å². The topological polar surface area (TPSA) is 131 Å². The van der Waals surface area contributed by atoms with Gasteiger partial charge in [0.25, 0.3) is 5.91 Å². The van der Waals surface area contributed by atoms with E-state index in [0.29, 0.717) is 12.1 Å². The second kappa shape index (κ2) is 9.39. The molecule has 1 aromatic heterocycles. The molecule has 1 aliphatic rings. The number of nitrogens with zero attached hydrogens (tertiary/aromatic N) is 2. The van der Waals surface area contributed by atoms with Crippen LogP contribution in [-0.2, 0) is 6.18 Å². The van der Waals surface area contributed by atoms with Crippen LogP contribution in [0.25, 0.3) is 11.3 Å². The summed E-state index contributed by atoms with van der Waals surface area (Å²) in [7, 11) is 1.23. The number of imide groups is 1. The fourth-order valence-corrected chi connectivity index (χ4v) is 3.56. The van der Waals surface area contributed by atoms with E-state index in [-0.39, 0.29) is 34.4 Å². The Morgan fingerprint density at radius 3 is 2.62 bits per heavy atom. The Balaban J connectivity index is 2.09. The van der Waals surface area contributed by atoms with E-state index in [9.17, 15) is 22.8 Å². The molecule has 2 heterocycles. The van der Waals surface area contributed by atoms with Gasteiger partial charge >= 0.3 is 12.2 Å². The molecule has 0 spiro atoms. The van der Waals surface area contributed by atoms with Gasteiger partial charge in [-0.2, -0.15) is 13.2 Å². The zero-order valence-electron chi connectivity index (χ0n) is 17.5. The highest BCUT2D eigenvalue weighted by Crippen LogP contribution is 2.38. The largest absolute Gasteiger partial charge is 0.496 e. The summed E-state index contributed by atoms with van der Waals surface area (Å²) >= 11 is 0. The summed E-state index contributed by atoms with van der Waals surface area (Å²) in [5, 5.41) is 16.6. The van der Waals surface area contributed by atoms with Crippen molar-refractivity contribution in [3.63, 3.8) is 0 Å². The van der Waals surface area contributed by atoms with Crippen molar-refractivity contribution in [2.75, 3.05) is 25.5 Å². The minimum atomic E-state index is -4.55. The Hall–Kier alpha value is -3.41. The van der Waals surface area contributed by atoms with E-state index >= 15 is 0 Å². The number of rotatable bonds is 5. The number of amides is 3. The van der Waals surface area contributed by atoms with Crippen LogP contribution in [0.4, 0.5) is 23.8 Å². The van der Waals surface area contributed by atoms with Gasteiger partial charge in [0.1, 0.15) is 11.4 Å². The van der Waals surface area contributed by atoms with Crippen LogP contribution < -0.4 is 26.4 Å². The standard InChI is InChI=1S/C20H23F3N6O3/c1-10-15(18(30)27-19(24)31)17(26-12-4-3-7-25-9-12)29-28-16(10)13-6-5-11(20(21,22)23)8-14(13)32-2/h5-6,8,12,25H,3-4,7,9H2,1-2H3,(H,26,29)(H3,24,27,30,31)/t12-/m1/s1. The number of carbonyl (C=O) groups excluding carboxylic acids is 2. The third-order valence-corrected chi connectivity index (χ3v) is 5.10. The zero-order chi connectivity index (χ0) is 23.5. The maximum atomic E-state index is 13.1. The molecule has 9 nitrogen and oxygen atoms in total. The lowest BCUT2D eigenvalue weighted by Gasteiger charge is -2.25. The van der Waals surface area contributed by atoms with Crippen molar-refractivity contribution in [1.29, 1.82) is 0 Å². The molecule has 1 fully saturated rings. The molecule has 2 aromatic rings. The van der Waals surface area contributed by atoms with Gasteiger partial charge in [0.2, 0.25) is 0 Å². The molecular formula is C20H23F3N6O3. The molecule has 172 valence electrons. The lowest BCUT2D eigenvalue weighted by atomic mass is 9.99. The number of alkyl halides is 3. The molecule has 32 heavy (non-hydrogen) atoms. The molecule has 1 atom stereocenters. The number of hydrogen-bond acceptors (Lipinski definition) is 7. The predicted octanol–water partition coefficient (Wildman–Crippen LogP) is 2.45. The second-order valence-electron chi connectivity index (χ2n) is 7.32. The number of benzene rings is 1. The van der Waals surface area contributed by atoms with Crippen molar-refractivity contribution in [3.05, 3.63) is 34.9 Å². The van der Waals surface area contributed by atoms with Crippen LogP contribution in [0.1, 0.15) is 34.3 Å². The first-order chi connectivity index (χ1) is 15.1. The molecule has 3 rings (SSSR count). The minimum absolute atomic E-state index is 0.0151. The third kappa shape index (κ3) is 5.07. The normalized spacial score (nSPS) is 16.3. The Labute approximate surface area is 181 Å². The van der Waals surface area contributed by atoms with Crippen molar-refractivity contribution in [2.24, 2.45) is 5.73 Å². The number of carbonyl (C=O) groups is 2. The van der Waals surface area contributed by atoms with Crippen molar-refractivity contribution in [1.82, 2.24) is 20.8 Å². The third-order valence-electron chi connectivity index (χ3n) is 5.10. The Morgan fingerprint density at radius 1 is 1.28 bits per heavy atom. The van der Waals surface area contributed by atoms with Gasteiger partial charge in [-0.1, -0.05) is 0 Å². The van der Waals surface area contributed by atoms with E-state index in [1.807, 2.05) is 5.32 Å². The SMILES string of the molecule is COc1cc(C(F)(F)F)ccc1-c1nnc(N[C@@H]2CCCNC2)c(C(=O)NC(N)=O)c1C. The Kier molecular flexibility index (Phi) is 6.82. The van der Waals surface area contributed by atoms with Gasteiger partial charge in [-0.3, -0.25) is 10.1 Å². The second-order valence-corrected chi connectivity index (χ2v) is 7.32. The average Bonchev–Trinajstić information content (AvgIpc) is 2.73. The van der Waals surface area contributed by atoms with Gasteiger partial charge in [-0.25, -0.2) is 4.79 Å². The van der Waals surface area contributed by atoms with Crippen LogP contribution in [0.15, 0.2) is 18.2 Å². The minimum Gasteiger partial charge on any atom is -0.496 e. The summed E-state index contributed by atoms with van der Waals surface area (Å²) in [5.74, 6) is -0.747. The summed E-state index contributed by atoms with van der Waals surface area (Å²) in [4.78, 5) is 24.0. The predicted molar refractivity (Wildman–Crippen MR) is 110 cm³/mol. The Morgan fingerprint density at radius 2 is 2.03 bits per heavy atom. The highest BCUT2D eigenvalue weighted by molar-refractivity contribution is 6.08. The van der Waals surface area contributed by atoms with Gasteiger partial charge in [0.15, 0.2) is 5.82 Å². The van der Waals surface area contributed by atoms with Gasteiger partial charge in [0, 0.05) is 18.2 Å². The van der Waals surface area contributed by atoms with E-state index in [1.165, 1.54) is 13.2 Å². The monoisotopic (exact) mass is 452 g/mol. The number of nitrogens with two attached hydrogens (primary N) is 1. The number of hydrogen-bond donors (Lipinski definition) is 4.